The summed E-state index contributed by atoms with van der Waals surface area (Å²) < 4.78 is 1.02. The van der Waals surface area contributed by atoms with Crippen LogP contribution in [-0.2, 0) is 10.4 Å². The number of fused-ring (bicyclic) bond motifs is 3. The highest BCUT2D eigenvalue weighted by Crippen LogP contribution is 2.34. The monoisotopic (exact) mass is 351 g/mol. The van der Waals surface area contributed by atoms with E-state index in [0.717, 1.165) is 23.9 Å². The third-order valence-corrected chi connectivity index (χ3v) is 6.31. The minimum absolute atomic E-state index is 0.133. The summed E-state index contributed by atoms with van der Waals surface area (Å²) in [5, 5.41) is 14.8. The van der Waals surface area contributed by atoms with Crippen LogP contribution in [0.25, 0.3) is 0 Å². The second-order valence-corrected chi connectivity index (χ2v) is 8.11. The van der Waals surface area contributed by atoms with Crippen molar-refractivity contribution in [3.8, 4) is 0 Å². The number of aliphatic hydroxyl groups is 1. The van der Waals surface area contributed by atoms with Crippen molar-refractivity contribution in [2.24, 2.45) is 5.92 Å². The molecule has 4 heteroatoms. The van der Waals surface area contributed by atoms with E-state index in [1.807, 2.05) is 60.7 Å². The normalized spacial score (nSPS) is 27.9. The quantitative estimate of drug-likeness (QED) is 0.831. The van der Waals surface area contributed by atoms with Crippen molar-refractivity contribution in [1.82, 2.24) is 5.32 Å². The van der Waals surface area contributed by atoms with Gasteiger partial charge < -0.3 is 14.9 Å². The Labute approximate surface area is 155 Å². The Kier molecular flexibility index (Phi) is 4.33. The molecule has 5 rings (SSSR count). The first-order valence-corrected chi connectivity index (χ1v) is 9.49. The minimum atomic E-state index is -1.67. The largest absolute Gasteiger partial charge is 0.372 e. The summed E-state index contributed by atoms with van der Waals surface area (Å²) in [5.41, 5.74) is -0.469. The first kappa shape index (κ1) is 17.3. The van der Waals surface area contributed by atoms with E-state index in [9.17, 15) is 9.90 Å². The second kappa shape index (κ2) is 6.53. The zero-order valence-electron chi connectivity index (χ0n) is 15.3. The fourth-order valence-corrected chi connectivity index (χ4v) is 4.64. The van der Waals surface area contributed by atoms with Crippen molar-refractivity contribution in [1.29, 1.82) is 0 Å². The highest BCUT2D eigenvalue weighted by Gasteiger charge is 2.47. The van der Waals surface area contributed by atoms with Gasteiger partial charge in [0.1, 0.15) is 0 Å². The molecule has 3 fully saturated rings. The number of carbonyl (C=O) groups excluding carboxylic acids is 1. The number of nitrogens with zero attached hydrogens (tertiary/aromatic N) is 1. The number of hydrogen-bond acceptors (Lipinski definition) is 2. The highest BCUT2D eigenvalue weighted by molar-refractivity contribution is 5.90. The number of piperidine rings is 3. The van der Waals surface area contributed by atoms with Gasteiger partial charge in [0, 0.05) is 12.8 Å². The van der Waals surface area contributed by atoms with Crippen LogP contribution in [0.3, 0.4) is 0 Å². The third-order valence-electron chi connectivity index (χ3n) is 6.31. The molecule has 136 valence electrons. The van der Waals surface area contributed by atoms with Gasteiger partial charge in [-0.1, -0.05) is 60.7 Å². The van der Waals surface area contributed by atoms with Gasteiger partial charge in [0.15, 0.2) is 5.60 Å². The Morgan fingerprint density at radius 2 is 1.50 bits per heavy atom. The number of amides is 1. The van der Waals surface area contributed by atoms with Gasteiger partial charge in [0.2, 0.25) is 0 Å². The summed E-state index contributed by atoms with van der Waals surface area (Å²) in [5.74, 6) is 0.204. The molecule has 2 N–H and O–H groups in total. The van der Waals surface area contributed by atoms with E-state index in [1.54, 1.807) is 0 Å². The lowest BCUT2D eigenvalue weighted by atomic mass is 9.80. The van der Waals surface area contributed by atoms with Crippen molar-refractivity contribution in [2.75, 3.05) is 26.7 Å². The number of carbonyl (C=O) groups is 1. The standard InChI is InChI=1S/C22H26N2O2/c1-24-14-12-17(13-15-24)20(16-24)23-21(25)22(26,18-8-4-2-5-9-18)19-10-6-3-7-11-19/h2-11,17,20,26H,12-16H2,1H3/p+1/t17?,20-,24?/m1/s1. The zero-order valence-corrected chi connectivity index (χ0v) is 15.3. The first-order chi connectivity index (χ1) is 12.5. The van der Waals surface area contributed by atoms with Crippen LogP contribution in [0.5, 0.6) is 0 Å². The van der Waals surface area contributed by atoms with E-state index >= 15 is 0 Å². The van der Waals surface area contributed by atoms with Crippen molar-refractivity contribution < 1.29 is 14.4 Å². The van der Waals surface area contributed by atoms with Gasteiger partial charge in [-0.15, -0.1) is 0 Å². The van der Waals surface area contributed by atoms with Crippen LogP contribution >= 0.6 is 0 Å². The smallest absolute Gasteiger partial charge is 0.261 e. The fourth-order valence-electron chi connectivity index (χ4n) is 4.64. The summed E-state index contributed by atoms with van der Waals surface area (Å²) in [4.78, 5) is 13.3. The predicted molar refractivity (Wildman–Crippen MR) is 101 cm³/mol. The summed E-state index contributed by atoms with van der Waals surface area (Å²) in [6.07, 6.45) is 2.30. The number of quaternary nitrogens is 1. The molecule has 0 saturated carbocycles. The number of rotatable bonds is 4. The summed E-state index contributed by atoms with van der Waals surface area (Å²) >= 11 is 0. The second-order valence-electron chi connectivity index (χ2n) is 8.11. The van der Waals surface area contributed by atoms with Crippen molar-refractivity contribution in [3.63, 3.8) is 0 Å². The van der Waals surface area contributed by atoms with E-state index in [2.05, 4.69) is 12.4 Å². The lowest BCUT2D eigenvalue weighted by molar-refractivity contribution is -0.925. The lowest BCUT2D eigenvalue weighted by Gasteiger charge is -2.51. The first-order valence-electron chi connectivity index (χ1n) is 9.49. The van der Waals surface area contributed by atoms with E-state index < -0.39 is 5.60 Å². The Bertz CT molecular complexity index is 728. The molecule has 0 radical (unpaired) electrons. The molecule has 0 aromatic heterocycles. The van der Waals surface area contributed by atoms with Crippen LogP contribution < -0.4 is 5.32 Å². The maximum absolute atomic E-state index is 13.3. The zero-order chi connectivity index (χ0) is 18.2. The highest BCUT2D eigenvalue weighted by atomic mass is 16.3. The van der Waals surface area contributed by atoms with Crippen LogP contribution in [0.4, 0.5) is 0 Å². The van der Waals surface area contributed by atoms with Crippen LogP contribution in [0.2, 0.25) is 0 Å². The van der Waals surface area contributed by atoms with E-state index in [4.69, 9.17) is 0 Å². The topological polar surface area (TPSA) is 49.3 Å². The van der Waals surface area contributed by atoms with Crippen LogP contribution in [0, 0.1) is 5.92 Å². The third kappa shape index (κ3) is 2.93. The number of nitrogens with one attached hydrogen (secondary N) is 1. The Morgan fingerprint density at radius 3 is 1.96 bits per heavy atom. The molecular formula is C22H27N2O2+. The molecule has 4 nitrogen and oxygen atoms in total. The number of likely N-dealkylation sites (N-methyl/N-ethyl adjacent to an activating group) is 1. The van der Waals surface area contributed by atoms with Gasteiger partial charge in [-0.05, 0) is 17.0 Å². The fraction of sp³-hybridized carbons (Fsp3) is 0.409. The van der Waals surface area contributed by atoms with E-state index in [-0.39, 0.29) is 11.9 Å². The van der Waals surface area contributed by atoms with Gasteiger partial charge in [-0.25, -0.2) is 0 Å². The number of benzene rings is 2. The summed E-state index contributed by atoms with van der Waals surface area (Å²) in [7, 11) is 2.27. The van der Waals surface area contributed by atoms with Gasteiger partial charge in [0.25, 0.3) is 5.91 Å². The molecule has 26 heavy (non-hydrogen) atoms. The molecule has 2 aromatic carbocycles. The maximum Gasteiger partial charge on any atom is 0.261 e. The molecule has 3 saturated heterocycles. The Balaban J connectivity index is 1.65. The molecule has 0 unspecified atom stereocenters. The molecule has 2 aromatic rings. The average Bonchev–Trinajstić information content (AvgIpc) is 2.69. The minimum Gasteiger partial charge on any atom is -0.372 e. The average molecular weight is 351 g/mol. The van der Waals surface area contributed by atoms with E-state index in [1.165, 1.54) is 13.1 Å². The van der Waals surface area contributed by atoms with Gasteiger partial charge in [-0.3, -0.25) is 4.79 Å². The molecule has 3 aliphatic heterocycles. The maximum atomic E-state index is 13.3. The molecule has 0 aliphatic carbocycles. The molecule has 2 bridgehead atoms. The Hall–Kier alpha value is -2.17. The van der Waals surface area contributed by atoms with Crippen molar-refractivity contribution >= 4 is 5.91 Å². The van der Waals surface area contributed by atoms with Gasteiger partial charge in [-0.2, -0.15) is 0 Å². The SMILES string of the molecule is C[N+]12CCC(CC1)[C@H](NC(=O)C(O)(c1ccccc1)c1ccccc1)C2. The molecular weight excluding hydrogens is 324 g/mol. The molecule has 3 heterocycles. The van der Waals surface area contributed by atoms with Crippen LogP contribution in [-0.4, -0.2) is 48.2 Å². The lowest BCUT2D eigenvalue weighted by Crippen LogP contribution is -2.66. The van der Waals surface area contributed by atoms with Gasteiger partial charge in [0.05, 0.1) is 32.7 Å². The van der Waals surface area contributed by atoms with Crippen molar-refractivity contribution in [2.45, 2.75) is 24.5 Å². The van der Waals surface area contributed by atoms with Gasteiger partial charge >= 0.3 is 0 Å². The van der Waals surface area contributed by atoms with Crippen molar-refractivity contribution in [3.05, 3.63) is 71.8 Å². The summed E-state index contributed by atoms with van der Waals surface area (Å²) in [6, 6.07) is 18.6. The van der Waals surface area contributed by atoms with Crippen LogP contribution in [0.1, 0.15) is 24.0 Å². The van der Waals surface area contributed by atoms with Crippen LogP contribution in [0.15, 0.2) is 60.7 Å². The number of hydrogen-bond donors (Lipinski definition) is 2. The molecule has 1 atom stereocenters. The molecule has 1 amide bonds. The molecule has 0 spiro atoms. The molecule has 3 aliphatic rings. The Morgan fingerprint density at radius 1 is 1.00 bits per heavy atom. The van der Waals surface area contributed by atoms with E-state index in [0.29, 0.717) is 17.0 Å². The predicted octanol–water partition coefficient (Wildman–Crippen LogP) is 2.28. The summed E-state index contributed by atoms with van der Waals surface area (Å²) in [6.45, 7) is 3.34.